The first-order chi connectivity index (χ1) is 12.8. The SMILES string of the molecule is O=C(Cc1ccccc1)N1N=C(c2ccccc2)CC1c1ccccc1. The van der Waals surface area contributed by atoms with Crippen LogP contribution in [0.3, 0.4) is 0 Å². The lowest BCUT2D eigenvalue weighted by molar-refractivity contribution is -0.132. The lowest BCUT2D eigenvalue weighted by Crippen LogP contribution is -2.28. The number of rotatable bonds is 4. The van der Waals surface area contributed by atoms with E-state index in [0.717, 1.165) is 28.8 Å². The van der Waals surface area contributed by atoms with Gasteiger partial charge in [-0.1, -0.05) is 91.0 Å². The van der Waals surface area contributed by atoms with Crippen molar-refractivity contribution in [3.05, 3.63) is 108 Å². The number of hydrazone groups is 1. The van der Waals surface area contributed by atoms with Gasteiger partial charge in [-0.2, -0.15) is 5.10 Å². The van der Waals surface area contributed by atoms with E-state index in [9.17, 15) is 4.79 Å². The lowest BCUT2D eigenvalue weighted by atomic mass is 9.98. The van der Waals surface area contributed by atoms with E-state index >= 15 is 0 Å². The Bertz CT molecular complexity index is 905. The molecule has 3 aromatic carbocycles. The predicted molar refractivity (Wildman–Crippen MR) is 104 cm³/mol. The fourth-order valence-electron chi connectivity index (χ4n) is 3.33. The molecule has 1 aliphatic rings. The van der Waals surface area contributed by atoms with Gasteiger partial charge in [0.2, 0.25) is 5.91 Å². The Kier molecular flexibility index (Phi) is 4.61. The smallest absolute Gasteiger partial charge is 0.247 e. The molecule has 3 heteroatoms. The van der Waals surface area contributed by atoms with Gasteiger partial charge in [0.15, 0.2) is 0 Å². The molecule has 0 aromatic heterocycles. The molecule has 0 saturated heterocycles. The number of carbonyl (C=O) groups excluding carboxylic acids is 1. The molecule has 1 atom stereocenters. The molecule has 1 unspecified atom stereocenters. The Morgan fingerprint density at radius 2 is 1.42 bits per heavy atom. The molecule has 1 heterocycles. The Labute approximate surface area is 153 Å². The first-order valence-corrected chi connectivity index (χ1v) is 8.85. The average molecular weight is 340 g/mol. The number of hydrogen-bond acceptors (Lipinski definition) is 2. The third-order valence-electron chi connectivity index (χ3n) is 4.66. The summed E-state index contributed by atoms with van der Waals surface area (Å²) in [4.78, 5) is 13.0. The minimum Gasteiger partial charge on any atom is -0.273 e. The Hall–Kier alpha value is -3.20. The van der Waals surface area contributed by atoms with Crippen LogP contribution in [0.2, 0.25) is 0 Å². The molecule has 0 saturated carbocycles. The van der Waals surface area contributed by atoms with Gasteiger partial charge in [-0.15, -0.1) is 0 Å². The van der Waals surface area contributed by atoms with Crippen LogP contribution in [0.1, 0.15) is 29.2 Å². The summed E-state index contributed by atoms with van der Waals surface area (Å²) in [5.41, 5.74) is 4.15. The predicted octanol–water partition coefficient (Wildman–Crippen LogP) is 4.61. The van der Waals surface area contributed by atoms with Crippen molar-refractivity contribution in [3.63, 3.8) is 0 Å². The Balaban J connectivity index is 1.65. The van der Waals surface area contributed by atoms with Crippen LogP contribution in [0, 0.1) is 0 Å². The van der Waals surface area contributed by atoms with Crippen LogP contribution in [-0.4, -0.2) is 16.6 Å². The molecule has 0 fully saturated rings. The molecule has 4 rings (SSSR count). The third-order valence-corrected chi connectivity index (χ3v) is 4.66. The monoisotopic (exact) mass is 340 g/mol. The fourth-order valence-corrected chi connectivity index (χ4v) is 3.33. The molecule has 0 spiro atoms. The molecular formula is C23H20N2O. The van der Waals surface area contributed by atoms with Crippen molar-refractivity contribution in [2.75, 3.05) is 0 Å². The summed E-state index contributed by atoms with van der Waals surface area (Å²) in [6, 6.07) is 30.0. The highest BCUT2D eigenvalue weighted by Gasteiger charge is 2.32. The van der Waals surface area contributed by atoms with E-state index in [0.29, 0.717) is 6.42 Å². The molecule has 3 aromatic rings. The summed E-state index contributed by atoms with van der Waals surface area (Å²) in [5.74, 6) is 0.0241. The van der Waals surface area contributed by atoms with Gasteiger partial charge in [0, 0.05) is 6.42 Å². The number of carbonyl (C=O) groups is 1. The van der Waals surface area contributed by atoms with Crippen LogP contribution in [0.4, 0.5) is 0 Å². The molecule has 1 amide bonds. The minimum atomic E-state index is -0.0531. The van der Waals surface area contributed by atoms with Crippen molar-refractivity contribution in [2.45, 2.75) is 18.9 Å². The summed E-state index contributed by atoms with van der Waals surface area (Å²) in [6.45, 7) is 0. The molecule has 1 aliphatic heterocycles. The van der Waals surface area contributed by atoms with Crippen LogP contribution < -0.4 is 0 Å². The summed E-state index contributed by atoms with van der Waals surface area (Å²) in [7, 11) is 0. The van der Waals surface area contributed by atoms with Gasteiger partial charge in [-0.3, -0.25) is 4.79 Å². The van der Waals surface area contributed by atoms with Gasteiger partial charge in [-0.25, -0.2) is 5.01 Å². The second kappa shape index (κ2) is 7.36. The molecule has 0 aliphatic carbocycles. The molecule has 0 radical (unpaired) electrons. The summed E-state index contributed by atoms with van der Waals surface area (Å²) in [6.07, 6.45) is 1.09. The number of nitrogens with zero attached hydrogens (tertiary/aromatic N) is 2. The van der Waals surface area contributed by atoms with Crippen molar-refractivity contribution < 1.29 is 4.79 Å². The van der Waals surface area contributed by atoms with Crippen LogP contribution in [0.5, 0.6) is 0 Å². The quantitative estimate of drug-likeness (QED) is 0.683. The molecule has 128 valence electrons. The van der Waals surface area contributed by atoms with Gasteiger partial charge >= 0.3 is 0 Å². The standard InChI is InChI=1S/C23H20N2O/c26-23(16-18-10-4-1-5-11-18)25-22(20-14-8-3-9-15-20)17-21(24-25)19-12-6-2-7-13-19/h1-15,22H,16-17H2. The van der Waals surface area contributed by atoms with Crippen LogP contribution in [-0.2, 0) is 11.2 Å². The number of amides is 1. The first kappa shape index (κ1) is 16.3. The second-order valence-electron chi connectivity index (χ2n) is 6.44. The molecular weight excluding hydrogens is 320 g/mol. The lowest BCUT2D eigenvalue weighted by Gasteiger charge is -2.22. The van der Waals surface area contributed by atoms with Crippen LogP contribution in [0.25, 0.3) is 0 Å². The van der Waals surface area contributed by atoms with E-state index in [-0.39, 0.29) is 11.9 Å². The minimum absolute atomic E-state index is 0.0241. The van der Waals surface area contributed by atoms with Crippen molar-refractivity contribution >= 4 is 11.6 Å². The molecule has 0 N–H and O–H groups in total. The normalized spacial score (nSPS) is 16.4. The zero-order valence-corrected chi connectivity index (χ0v) is 14.5. The van der Waals surface area contributed by atoms with Crippen molar-refractivity contribution in [1.29, 1.82) is 0 Å². The van der Waals surface area contributed by atoms with Gasteiger partial charge in [0.25, 0.3) is 0 Å². The molecule has 3 nitrogen and oxygen atoms in total. The van der Waals surface area contributed by atoms with E-state index in [1.807, 2.05) is 78.9 Å². The van der Waals surface area contributed by atoms with Crippen molar-refractivity contribution in [2.24, 2.45) is 5.10 Å². The maximum Gasteiger partial charge on any atom is 0.247 e. The maximum atomic E-state index is 13.0. The van der Waals surface area contributed by atoms with Gasteiger partial charge in [0.1, 0.15) is 0 Å². The van der Waals surface area contributed by atoms with E-state index in [1.165, 1.54) is 0 Å². The summed E-state index contributed by atoms with van der Waals surface area (Å²) < 4.78 is 0. The van der Waals surface area contributed by atoms with E-state index in [1.54, 1.807) is 5.01 Å². The van der Waals surface area contributed by atoms with E-state index < -0.39 is 0 Å². The van der Waals surface area contributed by atoms with Crippen molar-refractivity contribution in [1.82, 2.24) is 5.01 Å². The molecule has 0 bridgehead atoms. The van der Waals surface area contributed by atoms with E-state index in [4.69, 9.17) is 5.10 Å². The highest BCUT2D eigenvalue weighted by molar-refractivity contribution is 6.03. The van der Waals surface area contributed by atoms with Crippen LogP contribution in [0.15, 0.2) is 96.1 Å². The third kappa shape index (κ3) is 3.42. The van der Waals surface area contributed by atoms with Gasteiger partial charge in [0.05, 0.1) is 18.2 Å². The largest absolute Gasteiger partial charge is 0.273 e. The van der Waals surface area contributed by atoms with Gasteiger partial charge in [-0.05, 0) is 16.7 Å². The highest BCUT2D eigenvalue weighted by Crippen LogP contribution is 2.33. The summed E-state index contributed by atoms with van der Waals surface area (Å²) >= 11 is 0. The van der Waals surface area contributed by atoms with Gasteiger partial charge < -0.3 is 0 Å². The zero-order valence-electron chi connectivity index (χ0n) is 14.5. The van der Waals surface area contributed by atoms with Crippen molar-refractivity contribution in [3.8, 4) is 0 Å². The van der Waals surface area contributed by atoms with Crippen LogP contribution >= 0.6 is 0 Å². The average Bonchev–Trinajstić information content (AvgIpc) is 3.16. The second-order valence-corrected chi connectivity index (χ2v) is 6.44. The Morgan fingerprint density at radius 1 is 0.846 bits per heavy atom. The molecule has 26 heavy (non-hydrogen) atoms. The highest BCUT2D eigenvalue weighted by atomic mass is 16.2. The number of hydrogen-bond donors (Lipinski definition) is 0. The summed E-state index contributed by atoms with van der Waals surface area (Å²) in [5, 5.41) is 6.38. The topological polar surface area (TPSA) is 32.7 Å². The maximum absolute atomic E-state index is 13.0. The van der Waals surface area contributed by atoms with E-state index in [2.05, 4.69) is 12.1 Å². The number of benzene rings is 3. The fraction of sp³-hybridized carbons (Fsp3) is 0.130. The Morgan fingerprint density at radius 3 is 2.08 bits per heavy atom. The zero-order chi connectivity index (χ0) is 17.8. The first-order valence-electron chi connectivity index (χ1n) is 8.85.